The van der Waals surface area contributed by atoms with Crippen molar-refractivity contribution in [2.75, 3.05) is 7.11 Å². The summed E-state index contributed by atoms with van der Waals surface area (Å²) in [6.45, 7) is 2.75. The normalized spacial score (nSPS) is 12.2. The van der Waals surface area contributed by atoms with Crippen LogP contribution in [0.3, 0.4) is 0 Å². The third-order valence-electron chi connectivity index (χ3n) is 2.99. The number of aromatic nitrogens is 1. The van der Waals surface area contributed by atoms with E-state index in [9.17, 15) is 4.39 Å². The van der Waals surface area contributed by atoms with E-state index in [0.29, 0.717) is 12.4 Å². The fourth-order valence-corrected chi connectivity index (χ4v) is 1.78. The number of hydrogen-bond donors (Lipinski definition) is 1. The lowest BCUT2D eigenvalue weighted by Crippen LogP contribution is -2.18. The largest absolute Gasteiger partial charge is 0.481 e. The van der Waals surface area contributed by atoms with Crippen molar-refractivity contribution in [1.82, 2.24) is 10.3 Å². The van der Waals surface area contributed by atoms with E-state index in [4.69, 9.17) is 4.74 Å². The molecule has 1 aromatic heterocycles. The molecule has 0 spiro atoms. The zero-order valence-electron chi connectivity index (χ0n) is 11.1. The van der Waals surface area contributed by atoms with Gasteiger partial charge in [-0.15, -0.1) is 0 Å². The molecule has 0 radical (unpaired) electrons. The molecular formula is C15H17FN2O. The summed E-state index contributed by atoms with van der Waals surface area (Å²) in [6, 6.07) is 10.5. The Labute approximate surface area is 112 Å². The summed E-state index contributed by atoms with van der Waals surface area (Å²) in [5, 5.41) is 3.37. The van der Waals surface area contributed by atoms with E-state index in [1.807, 2.05) is 19.1 Å². The minimum Gasteiger partial charge on any atom is -0.481 e. The van der Waals surface area contributed by atoms with Crippen molar-refractivity contribution in [3.63, 3.8) is 0 Å². The Hall–Kier alpha value is -1.94. The molecule has 19 heavy (non-hydrogen) atoms. The van der Waals surface area contributed by atoms with E-state index >= 15 is 0 Å². The quantitative estimate of drug-likeness (QED) is 0.897. The van der Waals surface area contributed by atoms with Gasteiger partial charge in [-0.1, -0.05) is 18.2 Å². The fourth-order valence-electron chi connectivity index (χ4n) is 1.78. The SMILES string of the molecule is COc1ccc(CN[C@@H](C)c2ccc(F)cc2)cn1. The Balaban J connectivity index is 1.92. The molecule has 4 heteroatoms. The lowest BCUT2D eigenvalue weighted by atomic mass is 10.1. The monoisotopic (exact) mass is 260 g/mol. The molecule has 0 unspecified atom stereocenters. The van der Waals surface area contributed by atoms with E-state index in [-0.39, 0.29) is 11.9 Å². The molecule has 0 fully saturated rings. The van der Waals surface area contributed by atoms with Crippen LogP contribution < -0.4 is 10.1 Å². The maximum atomic E-state index is 12.8. The zero-order chi connectivity index (χ0) is 13.7. The van der Waals surface area contributed by atoms with Crippen molar-refractivity contribution in [2.24, 2.45) is 0 Å². The molecule has 0 aliphatic rings. The van der Waals surface area contributed by atoms with E-state index in [2.05, 4.69) is 10.3 Å². The van der Waals surface area contributed by atoms with Gasteiger partial charge in [-0.25, -0.2) is 9.37 Å². The summed E-state index contributed by atoms with van der Waals surface area (Å²) < 4.78 is 17.8. The van der Waals surface area contributed by atoms with Crippen molar-refractivity contribution in [1.29, 1.82) is 0 Å². The highest BCUT2D eigenvalue weighted by Gasteiger charge is 2.05. The summed E-state index contributed by atoms with van der Waals surface area (Å²) in [5.74, 6) is 0.394. The number of hydrogen-bond acceptors (Lipinski definition) is 3. The minimum atomic E-state index is -0.213. The van der Waals surface area contributed by atoms with Crippen LogP contribution in [-0.4, -0.2) is 12.1 Å². The molecular weight excluding hydrogens is 243 g/mol. The van der Waals surface area contributed by atoms with Gasteiger partial charge < -0.3 is 10.1 Å². The number of halogens is 1. The summed E-state index contributed by atoms with van der Waals surface area (Å²) in [4.78, 5) is 4.15. The van der Waals surface area contributed by atoms with Crippen LogP contribution in [-0.2, 0) is 6.54 Å². The van der Waals surface area contributed by atoms with E-state index in [0.717, 1.165) is 11.1 Å². The molecule has 0 aliphatic carbocycles. The first kappa shape index (κ1) is 13.5. The summed E-state index contributed by atoms with van der Waals surface area (Å²) in [6.07, 6.45) is 1.78. The van der Waals surface area contributed by atoms with E-state index in [1.54, 1.807) is 25.4 Å². The zero-order valence-corrected chi connectivity index (χ0v) is 11.1. The summed E-state index contributed by atoms with van der Waals surface area (Å²) in [7, 11) is 1.59. The summed E-state index contributed by atoms with van der Waals surface area (Å²) >= 11 is 0. The first-order valence-electron chi connectivity index (χ1n) is 6.17. The number of rotatable bonds is 5. The van der Waals surface area contributed by atoms with Gasteiger partial charge >= 0.3 is 0 Å². The lowest BCUT2D eigenvalue weighted by molar-refractivity contribution is 0.397. The van der Waals surface area contributed by atoms with Crippen LogP contribution in [0.15, 0.2) is 42.6 Å². The number of methoxy groups -OCH3 is 1. The average molecular weight is 260 g/mol. The molecule has 0 bridgehead atoms. The van der Waals surface area contributed by atoms with Crippen molar-refractivity contribution in [3.8, 4) is 5.88 Å². The van der Waals surface area contributed by atoms with Gasteiger partial charge in [0.15, 0.2) is 0 Å². The molecule has 0 aliphatic heterocycles. The Kier molecular flexibility index (Phi) is 4.47. The van der Waals surface area contributed by atoms with Crippen molar-refractivity contribution >= 4 is 0 Å². The molecule has 1 N–H and O–H groups in total. The Morgan fingerprint density at radius 2 is 1.95 bits per heavy atom. The smallest absolute Gasteiger partial charge is 0.212 e. The lowest BCUT2D eigenvalue weighted by Gasteiger charge is -2.14. The number of nitrogens with zero attached hydrogens (tertiary/aromatic N) is 1. The van der Waals surface area contributed by atoms with E-state index in [1.165, 1.54) is 12.1 Å². The maximum Gasteiger partial charge on any atom is 0.212 e. The number of pyridine rings is 1. The topological polar surface area (TPSA) is 34.1 Å². The standard InChI is InChI=1S/C15H17FN2O/c1-11(13-4-6-14(16)7-5-13)17-9-12-3-8-15(19-2)18-10-12/h3-8,10-11,17H,9H2,1-2H3/t11-/m0/s1. The maximum absolute atomic E-state index is 12.8. The molecule has 2 rings (SSSR count). The van der Waals surface area contributed by atoms with Crippen molar-refractivity contribution in [3.05, 3.63) is 59.5 Å². The molecule has 3 nitrogen and oxygen atoms in total. The highest BCUT2D eigenvalue weighted by Crippen LogP contribution is 2.14. The average Bonchev–Trinajstić information content (AvgIpc) is 2.46. The number of ether oxygens (including phenoxy) is 1. The fraction of sp³-hybridized carbons (Fsp3) is 0.267. The highest BCUT2D eigenvalue weighted by atomic mass is 19.1. The first-order valence-corrected chi connectivity index (χ1v) is 6.17. The third-order valence-corrected chi connectivity index (χ3v) is 2.99. The summed E-state index contributed by atoms with van der Waals surface area (Å²) in [5.41, 5.74) is 2.14. The molecule has 0 saturated carbocycles. The third kappa shape index (κ3) is 3.76. The van der Waals surface area contributed by atoms with Crippen LogP contribution in [0.1, 0.15) is 24.1 Å². The van der Waals surface area contributed by atoms with Crippen LogP contribution in [0.4, 0.5) is 4.39 Å². The second-order valence-corrected chi connectivity index (χ2v) is 4.36. The molecule has 0 amide bonds. The van der Waals surface area contributed by atoms with Crippen LogP contribution in [0, 0.1) is 5.82 Å². The number of benzene rings is 1. The van der Waals surface area contributed by atoms with Crippen LogP contribution in [0.5, 0.6) is 5.88 Å². The molecule has 1 atom stereocenters. The Morgan fingerprint density at radius 3 is 2.53 bits per heavy atom. The Bertz CT molecular complexity index is 511. The molecule has 1 aromatic carbocycles. The van der Waals surface area contributed by atoms with Gasteiger partial charge in [-0.3, -0.25) is 0 Å². The van der Waals surface area contributed by atoms with Gasteiger partial charge in [0.1, 0.15) is 5.82 Å². The van der Waals surface area contributed by atoms with Gasteiger partial charge in [-0.05, 0) is 30.2 Å². The van der Waals surface area contributed by atoms with Gasteiger partial charge in [0, 0.05) is 24.8 Å². The molecule has 100 valence electrons. The Morgan fingerprint density at radius 1 is 1.21 bits per heavy atom. The van der Waals surface area contributed by atoms with Crippen LogP contribution in [0.2, 0.25) is 0 Å². The second-order valence-electron chi connectivity index (χ2n) is 4.36. The van der Waals surface area contributed by atoms with Crippen molar-refractivity contribution < 1.29 is 9.13 Å². The molecule has 1 heterocycles. The molecule has 2 aromatic rings. The predicted molar refractivity (Wildman–Crippen MR) is 72.4 cm³/mol. The highest BCUT2D eigenvalue weighted by molar-refractivity contribution is 5.21. The number of nitrogens with one attached hydrogen (secondary N) is 1. The second kappa shape index (κ2) is 6.29. The van der Waals surface area contributed by atoms with Gasteiger partial charge in [0.05, 0.1) is 7.11 Å². The van der Waals surface area contributed by atoms with E-state index < -0.39 is 0 Å². The van der Waals surface area contributed by atoms with Gasteiger partial charge in [0.25, 0.3) is 0 Å². The van der Waals surface area contributed by atoms with Crippen LogP contribution in [0.25, 0.3) is 0 Å². The van der Waals surface area contributed by atoms with Gasteiger partial charge in [-0.2, -0.15) is 0 Å². The first-order chi connectivity index (χ1) is 9.19. The minimum absolute atomic E-state index is 0.155. The van der Waals surface area contributed by atoms with Crippen LogP contribution >= 0.6 is 0 Å². The van der Waals surface area contributed by atoms with Gasteiger partial charge in [0.2, 0.25) is 5.88 Å². The van der Waals surface area contributed by atoms with Crippen molar-refractivity contribution in [2.45, 2.75) is 19.5 Å². The molecule has 0 saturated heterocycles. The predicted octanol–water partition coefficient (Wildman–Crippen LogP) is 3.08.